The standard InChI is InChI=1S/C17H19FN4OS/c1-2-13-19-17-22(20-13)16(23)15(24-17)14(21-8-3-4-9-21)11-6-5-7-12(18)10-11/h5-7,10,14-15H,2-4,8-9H2,1H3. The lowest BCUT2D eigenvalue weighted by molar-refractivity contribution is 0.0847. The van der Waals surface area contributed by atoms with Crippen LogP contribution >= 0.6 is 11.8 Å². The van der Waals surface area contributed by atoms with Gasteiger partial charge in [-0.05, 0) is 43.6 Å². The summed E-state index contributed by atoms with van der Waals surface area (Å²) in [6.45, 7) is 3.83. The largest absolute Gasteiger partial charge is 0.295 e. The highest BCUT2D eigenvalue weighted by Gasteiger charge is 2.43. The fourth-order valence-corrected chi connectivity index (χ4v) is 4.75. The maximum Gasteiger partial charge on any atom is 0.264 e. The average Bonchev–Trinajstić information content (AvgIpc) is 3.28. The van der Waals surface area contributed by atoms with Gasteiger partial charge in [0.1, 0.15) is 11.1 Å². The minimum Gasteiger partial charge on any atom is -0.295 e. The van der Waals surface area contributed by atoms with Crippen LogP contribution in [0, 0.1) is 5.82 Å². The second-order valence-electron chi connectivity index (χ2n) is 6.20. The van der Waals surface area contributed by atoms with Crippen molar-refractivity contribution in [1.82, 2.24) is 19.7 Å². The Labute approximate surface area is 144 Å². The first-order valence-corrected chi connectivity index (χ1v) is 9.21. The molecule has 2 atom stereocenters. The van der Waals surface area contributed by atoms with Crippen molar-refractivity contribution in [3.63, 3.8) is 0 Å². The molecule has 0 saturated carbocycles. The van der Waals surface area contributed by atoms with Crippen LogP contribution in [0.4, 0.5) is 4.39 Å². The van der Waals surface area contributed by atoms with Gasteiger partial charge in [0.25, 0.3) is 5.91 Å². The highest BCUT2D eigenvalue weighted by Crippen LogP contribution is 2.42. The molecule has 0 radical (unpaired) electrons. The molecule has 5 nitrogen and oxygen atoms in total. The maximum absolute atomic E-state index is 13.8. The number of benzene rings is 1. The van der Waals surface area contributed by atoms with Gasteiger partial charge in [0.05, 0.1) is 6.04 Å². The first-order valence-electron chi connectivity index (χ1n) is 8.33. The molecule has 2 aromatic rings. The number of fused-ring (bicyclic) bond motifs is 1. The highest BCUT2D eigenvalue weighted by atomic mass is 32.2. The molecule has 0 amide bonds. The second-order valence-corrected chi connectivity index (χ2v) is 7.30. The summed E-state index contributed by atoms with van der Waals surface area (Å²) in [5.74, 6) is 0.368. The summed E-state index contributed by atoms with van der Waals surface area (Å²) in [6, 6.07) is 6.46. The van der Waals surface area contributed by atoms with Crippen LogP contribution in [0.15, 0.2) is 29.4 Å². The van der Waals surface area contributed by atoms with Crippen molar-refractivity contribution in [2.45, 2.75) is 42.6 Å². The van der Waals surface area contributed by atoms with Crippen LogP contribution in [0.3, 0.4) is 0 Å². The normalized spacial score (nSPS) is 22.1. The predicted octanol–water partition coefficient (Wildman–Crippen LogP) is 2.93. The Morgan fingerprint density at radius 2 is 2.17 bits per heavy atom. The third kappa shape index (κ3) is 2.65. The summed E-state index contributed by atoms with van der Waals surface area (Å²) in [7, 11) is 0. The summed E-state index contributed by atoms with van der Waals surface area (Å²) in [5.41, 5.74) is 0.851. The van der Waals surface area contributed by atoms with Gasteiger partial charge in [-0.2, -0.15) is 4.68 Å². The lowest BCUT2D eigenvalue weighted by Gasteiger charge is -2.31. The van der Waals surface area contributed by atoms with E-state index in [1.165, 1.54) is 22.5 Å². The molecule has 0 spiro atoms. The van der Waals surface area contributed by atoms with Crippen molar-refractivity contribution in [2.75, 3.05) is 13.1 Å². The van der Waals surface area contributed by atoms with Gasteiger partial charge < -0.3 is 0 Å². The molecule has 1 fully saturated rings. The molecular weight excluding hydrogens is 327 g/mol. The molecule has 4 rings (SSSR count). The van der Waals surface area contributed by atoms with Crippen molar-refractivity contribution in [1.29, 1.82) is 0 Å². The lowest BCUT2D eigenvalue weighted by atomic mass is 10.0. The molecule has 0 aliphatic carbocycles. The van der Waals surface area contributed by atoms with Gasteiger partial charge in [0.2, 0.25) is 0 Å². The molecule has 0 N–H and O–H groups in total. The minimum atomic E-state index is -0.328. The van der Waals surface area contributed by atoms with Gasteiger partial charge in [0.15, 0.2) is 11.0 Å². The second kappa shape index (κ2) is 6.29. The van der Waals surface area contributed by atoms with Crippen LogP contribution in [0.1, 0.15) is 42.0 Å². The van der Waals surface area contributed by atoms with Crippen LogP contribution in [0.2, 0.25) is 0 Å². The van der Waals surface area contributed by atoms with Crippen molar-refractivity contribution < 1.29 is 9.18 Å². The van der Waals surface area contributed by atoms with E-state index < -0.39 is 0 Å². The maximum atomic E-state index is 13.8. The van der Waals surface area contributed by atoms with Gasteiger partial charge in [-0.3, -0.25) is 9.69 Å². The number of carbonyl (C=O) groups excluding carboxylic acids is 1. The van der Waals surface area contributed by atoms with E-state index in [0.717, 1.165) is 31.5 Å². The Morgan fingerprint density at radius 1 is 1.38 bits per heavy atom. The Kier molecular flexibility index (Phi) is 4.14. The summed E-state index contributed by atoms with van der Waals surface area (Å²) in [6.07, 6.45) is 2.93. The quantitative estimate of drug-likeness (QED) is 0.852. The molecule has 126 valence electrons. The summed E-state index contributed by atoms with van der Waals surface area (Å²) < 4.78 is 15.2. The van der Waals surface area contributed by atoms with E-state index in [9.17, 15) is 9.18 Å². The zero-order chi connectivity index (χ0) is 16.7. The molecule has 24 heavy (non-hydrogen) atoms. The lowest BCUT2D eigenvalue weighted by Crippen LogP contribution is -2.37. The van der Waals surface area contributed by atoms with Crippen molar-refractivity contribution in [3.05, 3.63) is 41.5 Å². The van der Waals surface area contributed by atoms with Gasteiger partial charge in [0, 0.05) is 6.42 Å². The number of nitrogens with zero attached hydrogens (tertiary/aromatic N) is 4. The van der Waals surface area contributed by atoms with Crippen molar-refractivity contribution in [2.24, 2.45) is 0 Å². The summed E-state index contributed by atoms with van der Waals surface area (Å²) in [4.78, 5) is 19.6. The molecule has 3 heterocycles. The number of likely N-dealkylation sites (tertiary alicyclic amines) is 1. The molecular formula is C17H19FN4OS. The van der Waals surface area contributed by atoms with E-state index in [-0.39, 0.29) is 23.0 Å². The van der Waals surface area contributed by atoms with Crippen LogP contribution in [0.5, 0.6) is 0 Å². The fraction of sp³-hybridized carbons (Fsp3) is 0.471. The van der Waals surface area contributed by atoms with Crippen molar-refractivity contribution in [3.8, 4) is 0 Å². The van der Waals surface area contributed by atoms with E-state index >= 15 is 0 Å². The predicted molar refractivity (Wildman–Crippen MR) is 89.6 cm³/mol. The fourth-order valence-electron chi connectivity index (χ4n) is 3.48. The van der Waals surface area contributed by atoms with Crippen molar-refractivity contribution >= 4 is 17.7 Å². The number of hydrogen-bond donors (Lipinski definition) is 0. The van der Waals surface area contributed by atoms with E-state index in [1.807, 2.05) is 13.0 Å². The van der Waals surface area contributed by atoms with E-state index in [0.29, 0.717) is 17.4 Å². The van der Waals surface area contributed by atoms with Crippen LogP contribution in [0.25, 0.3) is 0 Å². The van der Waals surface area contributed by atoms with Crippen LogP contribution in [-0.2, 0) is 6.42 Å². The third-order valence-electron chi connectivity index (χ3n) is 4.63. The molecule has 2 aliphatic heterocycles. The molecule has 7 heteroatoms. The summed E-state index contributed by atoms with van der Waals surface area (Å²) >= 11 is 1.45. The number of carbonyl (C=O) groups is 1. The SMILES string of the molecule is CCc1nc2n(n1)C(=O)C(C(c1cccc(F)c1)N1CCCC1)S2. The number of thioether (sulfide) groups is 1. The number of halogens is 1. The number of rotatable bonds is 4. The Balaban J connectivity index is 1.69. The first-order chi connectivity index (χ1) is 11.7. The molecule has 1 aromatic heterocycles. The monoisotopic (exact) mass is 346 g/mol. The highest BCUT2D eigenvalue weighted by molar-refractivity contribution is 8.00. The number of hydrogen-bond acceptors (Lipinski definition) is 5. The van der Waals surface area contributed by atoms with Gasteiger partial charge in [-0.25, -0.2) is 9.37 Å². The van der Waals surface area contributed by atoms with Gasteiger partial charge >= 0.3 is 0 Å². The number of aryl methyl sites for hydroxylation is 1. The van der Waals surface area contributed by atoms with E-state index in [1.54, 1.807) is 12.1 Å². The zero-order valence-electron chi connectivity index (χ0n) is 13.5. The Hall–Kier alpha value is -1.73. The first kappa shape index (κ1) is 15.8. The Morgan fingerprint density at radius 3 is 2.83 bits per heavy atom. The molecule has 0 bridgehead atoms. The smallest absolute Gasteiger partial charge is 0.264 e. The van der Waals surface area contributed by atoms with E-state index in [2.05, 4.69) is 15.0 Å². The number of aromatic nitrogens is 3. The van der Waals surface area contributed by atoms with Gasteiger partial charge in [-0.15, -0.1) is 5.10 Å². The zero-order valence-corrected chi connectivity index (χ0v) is 14.3. The topological polar surface area (TPSA) is 51.0 Å². The van der Waals surface area contributed by atoms with Crippen LogP contribution < -0.4 is 0 Å². The van der Waals surface area contributed by atoms with Gasteiger partial charge in [-0.1, -0.05) is 30.8 Å². The Bertz CT molecular complexity index is 772. The molecule has 2 aliphatic rings. The minimum absolute atomic E-state index is 0.0524. The molecule has 2 unspecified atom stereocenters. The summed E-state index contributed by atoms with van der Waals surface area (Å²) in [5, 5.41) is 4.63. The molecule has 1 saturated heterocycles. The average molecular weight is 346 g/mol. The van der Waals surface area contributed by atoms with Crippen LogP contribution in [-0.4, -0.2) is 43.9 Å². The molecule has 1 aromatic carbocycles. The van der Waals surface area contributed by atoms with E-state index in [4.69, 9.17) is 0 Å². The third-order valence-corrected chi connectivity index (χ3v) is 5.82.